The molecule has 1 amide bonds. The monoisotopic (exact) mass is 403 g/mol. The molecule has 0 aromatic carbocycles. The summed E-state index contributed by atoms with van der Waals surface area (Å²) < 4.78 is 11.1. The van der Waals surface area contributed by atoms with E-state index in [1.54, 1.807) is 0 Å². The van der Waals surface area contributed by atoms with Gasteiger partial charge in [-0.3, -0.25) is 4.79 Å². The smallest absolute Gasteiger partial charge is 0.261 e. The first-order valence-corrected chi connectivity index (χ1v) is 10.7. The van der Waals surface area contributed by atoms with E-state index in [0.29, 0.717) is 24.9 Å². The second-order valence-corrected chi connectivity index (χ2v) is 8.91. The topological polar surface area (TPSA) is 94.3 Å². The molecule has 4 rings (SSSR count). The van der Waals surface area contributed by atoms with Crippen molar-refractivity contribution >= 4 is 28.5 Å². The Morgan fingerprint density at radius 1 is 1.32 bits per heavy atom. The summed E-state index contributed by atoms with van der Waals surface area (Å²) in [4.78, 5) is 30.0. The van der Waals surface area contributed by atoms with Gasteiger partial charge in [-0.25, -0.2) is 0 Å². The molecule has 2 aromatic heterocycles. The Balaban J connectivity index is 1.67. The Hall–Kier alpha value is -2.06. The number of hydrogen-bond donors (Lipinski definition) is 1. The predicted molar refractivity (Wildman–Crippen MR) is 105 cm³/mol. The van der Waals surface area contributed by atoms with Crippen molar-refractivity contribution in [3.05, 3.63) is 16.3 Å². The molecule has 2 unspecified atom stereocenters. The van der Waals surface area contributed by atoms with Crippen molar-refractivity contribution in [3.63, 3.8) is 0 Å². The molecule has 0 spiro atoms. The first kappa shape index (κ1) is 19.3. The minimum atomic E-state index is -0.275. The largest absolute Gasteiger partial charge is 0.376 e. The minimum absolute atomic E-state index is 0.0961. The van der Waals surface area contributed by atoms with Crippen molar-refractivity contribution in [1.82, 2.24) is 10.1 Å². The van der Waals surface area contributed by atoms with Crippen molar-refractivity contribution < 1.29 is 18.8 Å². The number of fused-ring (bicyclic) bond motifs is 1. The summed E-state index contributed by atoms with van der Waals surface area (Å²) in [5.41, 5.74) is 1.93. The van der Waals surface area contributed by atoms with Gasteiger partial charge in [-0.2, -0.15) is 4.98 Å². The van der Waals surface area contributed by atoms with Crippen LogP contribution in [0.2, 0.25) is 0 Å². The van der Waals surface area contributed by atoms with E-state index in [4.69, 9.17) is 9.26 Å². The number of thiophene rings is 1. The summed E-state index contributed by atoms with van der Waals surface area (Å²) in [6.45, 7) is 5.17. The molecule has 7 nitrogen and oxygen atoms in total. The average Bonchev–Trinajstić information content (AvgIpc) is 3.32. The van der Waals surface area contributed by atoms with Gasteiger partial charge in [0.2, 0.25) is 5.91 Å². The third-order valence-corrected chi connectivity index (χ3v) is 6.68. The molecular formula is C20H25N3O4S. The van der Waals surface area contributed by atoms with Crippen molar-refractivity contribution in [2.75, 3.05) is 11.9 Å². The number of anilines is 1. The zero-order chi connectivity index (χ0) is 19.7. The number of ether oxygens (including phenoxy) is 1. The number of nitrogens with zero attached hydrogens (tertiary/aromatic N) is 2. The van der Waals surface area contributed by atoms with Gasteiger partial charge in [-0.05, 0) is 24.8 Å². The zero-order valence-corrected chi connectivity index (χ0v) is 17.0. The molecule has 28 heavy (non-hydrogen) atoms. The Kier molecular flexibility index (Phi) is 5.59. The molecule has 2 atom stereocenters. The molecule has 1 saturated carbocycles. The van der Waals surface area contributed by atoms with Gasteiger partial charge in [0, 0.05) is 22.6 Å². The van der Waals surface area contributed by atoms with E-state index in [1.807, 2.05) is 13.8 Å². The molecular weight excluding hydrogens is 378 g/mol. The van der Waals surface area contributed by atoms with Crippen LogP contribution in [-0.4, -0.2) is 28.9 Å². The highest BCUT2D eigenvalue weighted by Gasteiger charge is 2.33. The Morgan fingerprint density at radius 3 is 2.89 bits per heavy atom. The van der Waals surface area contributed by atoms with Crippen LogP contribution in [0, 0.1) is 11.8 Å². The highest BCUT2D eigenvalue weighted by Crippen LogP contribution is 2.43. The van der Waals surface area contributed by atoms with Crippen LogP contribution < -0.4 is 5.32 Å². The molecule has 3 heterocycles. The minimum Gasteiger partial charge on any atom is -0.376 e. The normalized spacial score (nSPS) is 22.1. The zero-order valence-electron chi connectivity index (χ0n) is 16.2. The first-order valence-electron chi connectivity index (χ1n) is 9.91. The SMILES string of the molecule is CC(C)c1noc(-c2c(NC(=O)C3CCCCC3C=O)sc3c2CCOC3)n1. The van der Waals surface area contributed by atoms with Crippen LogP contribution >= 0.6 is 11.3 Å². The summed E-state index contributed by atoms with van der Waals surface area (Å²) in [5, 5.41) is 7.88. The lowest BCUT2D eigenvalue weighted by molar-refractivity contribution is -0.126. The lowest BCUT2D eigenvalue weighted by atomic mass is 9.79. The van der Waals surface area contributed by atoms with Gasteiger partial charge < -0.3 is 19.4 Å². The molecule has 0 bridgehead atoms. The Morgan fingerprint density at radius 2 is 2.14 bits per heavy atom. The van der Waals surface area contributed by atoms with Crippen LogP contribution in [0.5, 0.6) is 0 Å². The number of aldehydes is 1. The molecule has 150 valence electrons. The maximum Gasteiger partial charge on any atom is 0.261 e. The van der Waals surface area contributed by atoms with Crippen molar-refractivity contribution in [3.8, 4) is 11.5 Å². The van der Waals surface area contributed by atoms with E-state index in [9.17, 15) is 9.59 Å². The van der Waals surface area contributed by atoms with Gasteiger partial charge in [-0.1, -0.05) is 31.8 Å². The summed E-state index contributed by atoms with van der Waals surface area (Å²) in [6, 6.07) is 0. The van der Waals surface area contributed by atoms with Crippen molar-refractivity contribution in [2.24, 2.45) is 11.8 Å². The number of amides is 1. The highest BCUT2D eigenvalue weighted by molar-refractivity contribution is 7.17. The maximum atomic E-state index is 13.0. The quantitative estimate of drug-likeness (QED) is 0.760. The van der Waals surface area contributed by atoms with E-state index >= 15 is 0 Å². The van der Waals surface area contributed by atoms with Crippen LogP contribution in [0.15, 0.2) is 4.52 Å². The van der Waals surface area contributed by atoms with E-state index in [0.717, 1.165) is 59.4 Å². The molecule has 8 heteroatoms. The van der Waals surface area contributed by atoms with Gasteiger partial charge in [0.05, 0.1) is 18.8 Å². The predicted octanol–water partition coefficient (Wildman–Crippen LogP) is 3.94. The lowest BCUT2D eigenvalue weighted by Gasteiger charge is -2.26. The molecule has 2 aliphatic rings. The average molecular weight is 404 g/mol. The fourth-order valence-electron chi connectivity index (χ4n) is 3.97. The number of carbonyl (C=O) groups is 2. The summed E-state index contributed by atoms with van der Waals surface area (Å²) >= 11 is 1.50. The third-order valence-electron chi connectivity index (χ3n) is 5.56. The molecule has 1 N–H and O–H groups in total. The third kappa shape index (κ3) is 3.63. The number of carbonyl (C=O) groups excluding carboxylic acids is 2. The van der Waals surface area contributed by atoms with Crippen molar-refractivity contribution in [1.29, 1.82) is 0 Å². The number of hydrogen-bond acceptors (Lipinski definition) is 7. The fourth-order valence-corrected chi connectivity index (χ4v) is 5.15. The second-order valence-electron chi connectivity index (χ2n) is 7.80. The van der Waals surface area contributed by atoms with Crippen molar-refractivity contribution in [2.45, 2.75) is 58.5 Å². The summed E-state index contributed by atoms with van der Waals surface area (Å²) in [6.07, 6.45) is 5.19. The maximum absolute atomic E-state index is 13.0. The molecule has 1 aliphatic carbocycles. The molecule has 0 radical (unpaired) electrons. The van der Waals surface area contributed by atoms with E-state index in [-0.39, 0.29) is 23.7 Å². The lowest BCUT2D eigenvalue weighted by Crippen LogP contribution is -2.32. The number of rotatable bonds is 5. The van der Waals surface area contributed by atoms with Gasteiger partial charge in [0.1, 0.15) is 11.3 Å². The van der Waals surface area contributed by atoms with Crippen LogP contribution in [0.1, 0.15) is 61.7 Å². The molecule has 2 aromatic rings. The van der Waals surface area contributed by atoms with Gasteiger partial charge in [-0.15, -0.1) is 11.3 Å². The molecule has 1 aliphatic heterocycles. The van der Waals surface area contributed by atoms with Gasteiger partial charge in [0.15, 0.2) is 5.82 Å². The fraction of sp³-hybridized carbons (Fsp3) is 0.600. The Bertz CT molecular complexity index is 873. The summed E-state index contributed by atoms with van der Waals surface area (Å²) in [5.74, 6) is 0.668. The van der Waals surface area contributed by atoms with Gasteiger partial charge in [0.25, 0.3) is 5.89 Å². The van der Waals surface area contributed by atoms with E-state index < -0.39 is 0 Å². The number of aromatic nitrogens is 2. The van der Waals surface area contributed by atoms with Crippen LogP contribution in [-0.2, 0) is 27.4 Å². The highest BCUT2D eigenvalue weighted by atomic mass is 32.1. The van der Waals surface area contributed by atoms with Crippen LogP contribution in [0.3, 0.4) is 0 Å². The number of nitrogens with one attached hydrogen (secondary N) is 1. The second kappa shape index (κ2) is 8.13. The van der Waals surface area contributed by atoms with Crippen LogP contribution in [0.25, 0.3) is 11.5 Å². The molecule has 0 saturated heterocycles. The van der Waals surface area contributed by atoms with Gasteiger partial charge >= 0.3 is 0 Å². The van der Waals surface area contributed by atoms with Crippen LogP contribution in [0.4, 0.5) is 5.00 Å². The first-order chi connectivity index (χ1) is 13.6. The summed E-state index contributed by atoms with van der Waals surface area (Å²) in [7, 11) is 0. The molecule has 1 fully saturated rings. The van der Waals surface area contributed by atoms with E-state index in [2.05, 4.69) is 15.5 Å². The standard InChI is InChI=1S/C20H25N3O4S/c1-11(2)17-21-19(27-23-17)16-14-7-8-26-10-15(14)28-20(16)22-18(25)13-6-4-3-5-12(13)9-24/h9,11-13H,3-8,10H2,1-2H3,(H,22,25). The van der Waals surface area contributed by atoms with E-state index in [1.165, 1.54) is 11.3 Å². The Labute approximate surface area is 167 Å².